The second-order valence-corrected chi connectivity index (χ2v) is 5.53. The molecule has 0 atom stereocenters. The summed E-state index contributed by atoms with van der Waals surface area (Å²) >= 11 is 0. The number of nitriles is 1. The maximum absolute atomic E-state index is 12.0. The molecular formula is C20H21N3O. The lowest BCUT2D eigenvalue weighted by molar-refractivity contribution is -0.117. The van der Waals surface area contributed by atoms with Crippen LogP contribution in [0, 0.1) is 18.3 Å². The highest BCUT2D eigenvalue weighted by Gasteiger charge is 2.07. The minimum Gasteiger partial charge on any atom is -0.386 e. The first-order chi connectivity index (χ1) is 11.7. The lowest BCUT2D eigenvalue weighted by Gasteiger charge is -2.06. The Morgan fingerprint density at radius 3 is 2.46 bits per heavy atom. The molecule has 0 aliphatic rings. The third kappa shape index (κ3) is 5.62. The molecular weight excluding hydrogens is 298 g/mol. The minimum absolute atomic E-state index is 0.0789. The van der Waals surface area contributed by atoms with Crippen LogP contribution in [-0.2, 0) is 17.8 Å². The molecule has 0 heterocycles. The molecule has 2 aromatic carbocycles. The van der Waals surface area contributed by atoms with Gasteiger partial charge in [0.15, 0.2) is 0 Å². The Labute approximate surface area is 142 Å². The molecule has 2 rings (SSSR count). The first kappa shape index (κ1) is 17.3. The molecule has 0 aromatic heterocycles. The van der Waals surface area contributed by atoms with Crippen LogP contribution in [0.3, 0.4) is 0 Å². The normalized spacial score (nSPS) is 10.8. The van der Waals surface area contributed by atoms with Crippen LogP contribution >= 0.6 is 0 Å². The molecule has 2 aromatic rings. The van der Waals surface area contributed by atoms with Gasteiger partial charge in [0.2, 0.25) is 0 Å². The van der Waals surface area contributed by atoms with Gasteiger partial charge in [0, 0.05) is 19.3 Å². The van der Waals surface area contributed by atoms with Crippen molar-refractivity contribution in [1.82, 2.24) is 10.6 Å². The van der Waals surface area contributed by atoms with Crippen molar-refractivity contribution >= 4 is 5.91 Å². The summed E-state index contributed by atoms with van der Waals surface area (Å²) in [4.78, 5) is 12.0. The average molecular weight is 319 g/mol. The molecule has 0 saturated heterocycles. The zero-order valence-corrected chi connectivity index (χ0v) is 13.8. The molecule has 4 heteroatoms. The monoisotopic (exact) mass is 319 g/mol. The lowest BCUT2D eigenvalue weighted by atomic mass is 10.1. The topological polar surface area (TPSA) is 64.9 Å². The Balaban J connectivity index is 1.80. The van der Waals surface area contributed by atoms with Gasteiger partial charge < -0.3 is 10.6 Å². The predicted octanol–water partition coefficient (Wildman–Crippen LogP) is 2.85. The summed E-state index contributed by atoms with van der Waals surface area (Å²) in [7, 11) is 0. The van der Waals surface area contributed by atoms with Gasteiger partial charge in [-0.25, -0.2) is 0 Å². The summed E-state index contributed by atoms with van der Waals surface area (Å²) in [6.07, 6.45) is 2.21. The smallest absolute Gasteiger partial charge is 0.263 e. The van der Waals surface area contributed by atoms with E-state index < -0.39 is 0 Å². The number of aryl methyl sites for hydroxylation is 1. The van der Waals surface area contributed by atoms with Crippen LogP contribution in [0.4, 0.5) is 0 Å². The number of benzene rings is 2. The van der Waals surface area contributed by atoms with Crippen molar-refractivity contribution in [2.75, 3.05) is 6.54 Å². The second-order valence-electron chi connectivity index (χ2n) is 5.53. The van der Waals surface area contributed by atoms with E-state index in [0.717, 1.165) is 17.5 Å². The molecule has 24 heavy (non-hydrogen) atoms. The third-order valence-electron chi connectivity index (χ3n) is 3.58. The number of rotatable bonds is 7. The van der Waals surface area contributed by atoms with Gasteiger partial charge in [-0.1, -0.05) is 60.2 Å². The van der Waals surface area contributed by atoms with E-state index in [-0.39, 0.29) is 11.5 Å². The summed E-state index contributed by atoms with van der Waals surface area (Å²) in [5, 5.41) is 14.9. The van der Waals surface area contributed by atoms with E-state index in [4.69, 9.17) is 5.26 Å². The van der Waals surface area contributed by atoms with Crippen LogP contribution in [0.5, 0.6) is 0 Å². The van der Waals surface area contributed by atoms with E-state index in [1.165, 1.54) is 11.8 Å². The molecule has 0 spiro atoms. The van der Waals surface area contributed by atoms with E-state index in [1.807, 2.05) is 67.6 Å². The molecule has 4 nitrogen and oxygen atoms in total. The maximum Gasteiger partial charge on any atom is 0.263 e. The summed E-state index contributed by atoms with van der Waals surface area (Å²) < 4.78 is 0. The molecule has 0 aliphatic heterocycles. The van der Waals surface area contributed by atoms with Crippen LogP contribution < -0.4 is 10.6 Å². The fourth-order valence-electron chi connectivity index (χ4n) is 2.19. The van der Waals surface area contributed by atoms with Crippen LogP contribution in [0.15, 0.2) is 66.4 Å². The van der Waals surface area contributed by atoms with Gasteiger partial charge in [-0.2, -0.15) is 5.26 Å². The highest BCUT2D eigenvalue weighted by Crippen LogP contribution is 2.03. The summed E-state index contributed by atoms with van der Waals surface area (Å²) in [5.41, 5.74) is 3.52. The Hall–Kier alpha value is -3.06. The van der Waals surface area contributed by atoms with Crippen molar-refractivity contribution in [3.63, 3.8) is 0 Å². The molecule has 1 amide bonds. The Bertz CT molecular complexity index is 728. The highest BCUT2D eigenvalue weighted by molar-refractivity contribution is 5.97. The fraction of sp³-hybridized carbons (Fsp3) is 0.200. The van der Waals surface area contributed by atoms with Crippen LogP contribution in [0.1, 0.15) is 16.7 Å². The van der Waals surface area contributed by atoms with E-state index in [1.54, 1.807) is 0 Å². The summed E-state index contributed by atoms with van der Waals surface area (Å²) in [6, 6.07) is 19.9. The van der Waals surface area contributed by atoms with Gasteiger partial charge in [-0.05, 0) is 24.5 Å². The first-order valence-corrected chi connectivity index (χ1v) is 7.90. The van der Waals surface area contributed by atoms with Gasteiger partial charge in [-0.3, -0.25) is 4.79 Å². The Kier molecular flexibility index (Phi) is 6.60. The first-order valence-electron chi connectivity index (χ1n) is 7.90. The summed E-state index contributed by atoms with van der Waals surface area (Å²) in [6.45, 7) is 3.10. The molecule has 2 N–H and O–H groups in total. The van der Waals surface area contributed by atoms with Crippen molar-refractivity contribution in [2.24, 2.45) is 0 Å². The number of amides is 1. The molecule has 0 saturated carbocycles. The molecule has 0 aliphatic carbocycles. The van der Waals surface area contributed by atoms with E-state index in [9.17, 15) is 4.79 Å². The van der Waals surface area contributed by atoms with Crippen molar-refractivity contribution < 1.29 is 4.79 Å². The van der Waals surface area contributed by atoms with Gasteiger partial charge >= 0.3 is 0 Å². The van der Waals surface area contributed by atoms with E-state index in [2.05, 4.69) is 10.6 Å². The largest absolute Gasteiger partial charge is 0.386 e. The third-order valence-corrected chi connectivity index (χ3v) is 3.58. The van der Waals surface area contributed by atoms with Gasteiger partial charge in [0.05, 0.1) is 0 Å². The quantitative estimate of drug-likeness (QED) is 0.609. The average Bonchev–Trinajstić information content (AvgIpc) is 2.61. The Morgan fingerprint density at radius 2 is 1.79 bits per heavy atom. The number of hydrogen-bond donors (Lipinski definition) is 2. The van der Waals surface area contributed by atoms with Crippen LogP contribution in [-0.4, -0.2) is 12.5 Å². The molecule has 0 bridgehead atoms. The Morgan fingerprint density at radius 1 is 1.08 bits per heavy atom. The number of nitrogens with one attached hydrogen (secondary N) is 2. The summed E-state index contributed by atoms with van der Waals surface area (Å²) in [5.74, 6) is -0.357. The molecule has 122 valence electrons. The standard InChI is InChI=1S/C20H21N3O/c1-16-7-9-18(10-8-16)14-22-15-19(13-21)20(24)23-12-11-17-5-3-2-4-6-17/h2-10,15,22H,11-12,14H2,1H3,(H,23,24)/b19-15-. The lowest BCUT2D eigenvalue weighted by Crippen LogP contribution is -2.27. The van der Waals surface area contributed by atoms with Crippen LogP contribution in [0.2, 0.25) is 0 Å². The van der Waals surface area contributed by atoms with Gasteiger partial charge in [0.25, 0.3) is 5.91 Å². The van der Waals surface area contributed by atoms with Gasteiger partial charge in [-0.15, -0.1) is 0 Å². The van der Waals surface area contributed by atoms with Crippen LogP contribution in [0.25, 0.3) is 0 Å². The van der Waals surface area contributed by atoms with Crippen molar-refractivity contribution in [3.8, 4) is 6.07 Å². The number of carbonyl (C=O) groups is 1. The van der Waals surface area contributed by atoms with Gasteiger partial charge in [0.1, 0.15) is 11.6 Å². The number of nitrogens with zero attached hydrogens (tertiary/aromatic N) is 1. The SMILES string of the molecule is Cc1ccc(CN/C=C(/C#N)C(=O)NCCc2ccccc2)cc1. The number of hydrogen-bond acceptors (Lipinski definition) is 3. The predicted molar refractivity (Wildman–Crippen MR) is 94.9 cm³/mol. The maximum atomic E-state index is 12.0. The minimum atomic E-state index is -0.357. The second kappa shape index (κ2) is 9.16. The molecule has 0 radical (unpaired) electrons. The van der Waals surface area contributed by atoms with Crippen molar-refractivity contribution in [1.29, 1.82) is 5.26 Å². The van der Waals surface area contributed by atoms with Crippen molar-refractivity contribution in [2.45, 2.75) is 19.9 Å². The van der Waals surface area contributed by atoms with Crippen molar-refractivity contribution in [3.05, 3.63) is 83.1 Å². The molecule has 0 unspecified atom stereocenters. The molecule has 0 fully saturated rings. The highest BCUT2D eigenvalue weighted by atomic mass is 16.1. The van der Waals surface area contributed by atoms with E-state index >= 15 is 0 Å². The zero-order valence-electron chi connectivity index (χ0n) is 13.8. The van der Waals surface area contributed by atoms with E-state index in [0.29, 0.717) is 13.1 Å². The zero-order chi connectivity index (χ0) is 17.2. The fourth-order valence-corrected chi connectivity index (χ4v) is 2.19. The number of carbonyl (C=O) groups excluding carboxylic acids is 1.